The highest BCUT2D eigenvalue weighted by Gasteiger charge is 2.26. The minimum atomic E-state index is -3.92. The maximum Gasteiger partial charge on any atom is 0.241 e. The van der Waals surface area contributed by atoms with Crippen LogP contribution in [0.25, 0.3) is 0 Å². The van der Waals surface area contributed by atoms with E-state index in [1.165, 1.54) is 6.07 Å². The lowest BCUT2D eigenvalue weighted by atomic mass is 10.1. The zero-order valence-corrected chi connectivity index (χ0v) is 20.1. The van der Waals surface area contributed by atoms with Gasteiger partial charge >= 0.3 is 0 Å². The highest BCUT2D eigenvalue weighted by molar-refractivity contribution is 7.89. The van der Waals surface area contributed by atoms with E-state index in [1.807, 2.05) is 37.3 Å². The van der Waals surface area contributed by atoms with E-state index in [-0.39, 0.29) is 17.2 Å². The van der Waals surface area contributed by atoms with Crippen molar-refractivity contribution in [2.45, 2.75) is 31.2 Å². The molecule has 1 amide bonds. The van der Waals surface area contributed by atoms with Crippen LogP contribution in [0, 0.1) is 6.92 Å². The predicted molar refractivity (Wildman–Crippen MR) is 127 cm³/mol. The fourth-order valence-electron chi connectivity index (χ4n) is 3.68. The van der Waals surface area contributed by atoms with Gasteiger partial charge in [-0.15, -0.1) is 0 Å². The number of amides is 1. The van der Waals surface area contributed by atoms with Gasteiger partial charge in [-0.25, -0.2) is 8.42 Å². The molecule has 3 rings (SSSR count). The number of hydrogen-bond donors (Lipinski definition) is 2. The predicted octanol–water partition coefficient (Wildman–Crippen LogP) is 1.73. The number of aryl methyl sites for hydroxylation is 1. The van der Waals surface area contributed by atoms with Crippen molar-refractivity contribution in [3.63, 3.8) is 0 Å². The van der Waals surface area contributed by atoms with Crippen LogP contribution in [0.15, 0.2) is 53.4 Å². The molecule has 2 N–H and O–H groups in total. The van der Waals surface area contributed by atoms with Crippen LogP contribution in [-0.2, 0) is 26.0 Å². The molecule has 0 spiro atoms. The summed E-state index contributed by atoms with van der Waals surface area (Å²) in [5.74, 6) is 0.288. The number of nitrogens with zero attached hydrogens (tertiary/aromatic N) is 1. The van der Waals surface area contributed by atoms with Crippen LogP contribution < -0.4 is 14.8 Å². The second kappa shape index (κ2) is 12.1. The molecule has 1 fully saturated rings. The number of nitrogens with one attached hydrogen (secondary N) is 2. The van der Waals surface area contributed by atoms with Crippen LogP contribution in [0.2, 0.25) is 0 Å². The van der Waals surface area contributed by atoms with E-state index in [9.17, 15) is 13.2 Å². The van der Waals surface area contributed by atoms with Gasteiger partial charge in [-0.1, -0.05) is 30.3 Å². The van der Waals surface area contributed by atoms with Gasteiger partial charge in [-0.05, 0) is 49.6 Å². The number of hydrogen-bond acceptors (Lipinski definition) is 6. The van der Waals surface area contributed by atoms with E-state index < -0.39 is 16.1 Å². The van der Waals surface area contributed by atoms with Crippen molar-refractivity contribution in [1.82, 2.24) is 14.9 Å². The molecule has 0 bridgehead atoms. The van der Waals surface area contributed by atoms with Crippen molar-refractivity contribution in [3.8, 4) is 5.75 Å². The van der Waals surface area contributed by atoms with E-state index in [2.05, 4.69) is 14.9 Å². The maximum atomic E-state index is 13.1. The lowest BCUT2D eigenvalue weighted by Crippen LogP contribution is -2.49. The first-order valence-electron chi connectivity index (χ1n) is 11.3. The van der Waals surface area contributed by atoms with E-state index in [4.69, 9.17) is 9.47 Å². The average molecular weight is 476 g/mol. The highest BCUT2D eigenvalue weighted by Crippen LogP contribution is 2.22. The second-order valence-corrected chi connectivity index (χ2v) is 9.68. The van der Waals surface area contributed by atoms with Crippen molar-refractivity contribution in [3.05, 3.63) is 59.7 Å². The van der Waals surface area contributed by atoms with Crippen LogP contribution in [0.1, 0.15) is 18.1 Å². The van der Waals surface area contributed by atoms with Gasteiger partial charge in [0.15, 0.2) is 0 Å². The summed E-state index contributed by atoms with van der Waals surface area (Å²) in [4.78, 5) is 15.3. The minimum absolute atomic E-state index is 0.0997. The fraction of sp³-hybridized carbons (Fsp3) is 0.458. The third kappa shape index (κ3) is 7.53. The molecular formula is C24H33N3O5S. The number of benzene rings is 2. The van der Waals surface area contributed by atoms with Crippen molar-refractivity contribution >= 4 is 15.9 Å². The summed E-state index contributed by atoms with van der Waals surface area (Å²) in [5, 5.41) is 2.89. The summed E-state index contributed by atoms with van der Waals surface area (Å²) in [6, 6.07) is 13.1. The van der Waals surface area contributed by atoms with Crippen molar-refractivity contribution in [2.24, 2.45) is 0 Å². The first-order valence-corrected chi connectivity index (χ1v) is 12.7. The van der Waals surface area contributed by atoms with Crippen LogP contribution in [0.5, 0.6) is 5.75 Å². The highest BCUT2D eigenvalue weighted by atomic mass is 32.2. The number of carbonyl (C=O) groups is 1. The molecule has 1 heterocycles. The van der Waals surface area contributed by atoms with Gasteiger partial charge in [0.2, 0.25) is 15.9 Å². The van der Waals surface area contributed by atoms with Gasteiger partial charge in [0.25, 0.3) is 0 Å². The molecule has 0 saturated carbocycles. The molecule has 1 unspecified atom stereocenters. The van der Waals surface area contributed by atoms with Crippen LogP contribution in [0.4, 0.5) is 0 Å². The number of morpholine rings is 1. The molecule has 33 heavy (non-hydrogen) atoms. The van der Waals surface area contributed by atoms with Gasteiger partial charge < -0.3 is 14.8 Å². The van der Waals surface area contributed by atoms with Crippen molar-refractivity contribution in [2.75, 3.05) is 46.0 Å². The zero-order valence-electron chi connectivity index (χ0n) is 19.2. The average Bonchev–Trinajstić information content (AvgIpc) is 2.81. The summed E-state index contributed by atoms with van der Waals surface area (Å²) < 4.78 is 39.7. The summed E-state index contributed by atoms with van der Waals surface area (Å²) in [6.45, 7) is 8.32. The normalized spacial score (nSPS) is 15.7. The van der Waals surface area contributed by atoms with Crippen LogP contribution in [-0.4, -0.2) is 71.3 Å². The summed E-state index contributed by atoms with van der Waals surface area (Å²) in [5.41, 5.74) is 1.59. The molecular weight excluding hydrogens is 442 g/mol. The Labute approximate surface area is 196 Å². The molecule has 9 heteroatoms. The van der Waals surface area contributed by atoms with Crippen molar-refractivity contribution in [1.29, 1.82) is 0 Å². The van der Waals surface area contributed by atoms with Crippen LogP contribution >= 0.6 is 0 Å². The first-order chi connectivity index (χ1) is 15.9. The molecule has 2 aromatic carbocycles. The summed E-state index contributed by atoms with van der Waals surface area (Å²) in [6.07, 6.45) is 0.249. The Kier molecular flexibility index (Phi) is 9.25. The molecule has 0 radical (unpaired) electrons. The fourth-order valence-corrected chi connectivity index (χ4v) is 4.96. The molecule has 1 saturated heterocycles. The van der Waals surface area contributed by atoms with E-state index >= 15 is 0 Å². The Balaban J connectivity index is 1.71. The topological polar surface area (TPSA) is 97.0 Å². The first kappa shape index (κ1) is 25.2. The molecule has 1 atom stereocenters. The zero-order chi connectivity index (χ0) is 23.7. The molecule has 1 aliphatic rings. The van der Waals surface area contributed by atoms with Crippen molar-refractivity contribution < 1.29 is 22.7 Å². The van der Waals surface area contributed by atoms with Gasteiger partial charge in [-0.3, -0.25) is 9.69 Å². The molecule has 0 aliphatic carbocycles. The third-order valence-electron chi connectivity index (χ3n) is 5.48. The number of sulfonamides is 1. The van der Waals surface area contributed by atoms with Gasteiger partial charge in [-0.2, -0.15) is 4.72 Å². The smallest absolute Gasteiger partial charge is 0.241 e. The molecule has 0 aromatic heterocycles. The quantitative estimate of drug-likeness (QED) is 0.514. The lowest BCUT2D eigenvalue weighted by molar-refractivity contribution is -0.122. The van der Waals surface area contributed by atoms with E-state index in [0.717, 1.165) is 18.7 Å². The largest absolute Gasteiger partial charge is 0.494 e. The SMILES string of the molecule is CCOc1ccc(S(=O)(=O)NC(Cc2ccccc2)C(=O)NCCN2CCOCC2)cc1C. The number of ether oxygens (including phenoxy) is 2. The van der Waals surface area contributed by atoms with E-state index in [0.29, 0.717) is 44.2 Å². The molecule has 180 valence electrons. The second-order valence-electron chi connectivity index (χ2n) is 7.97. The molecule has 1 aliphatic heterocycles. The minimum Gasteiger partial charge on any atom is -0.494 e. The molecule has 2 aromatic rings. The number of rotatable bonds is 11. The van der Waals surface area contributed by atoms with Crippen LogP contribution in [0.3, 0.4) is 0 Å². The summed E-state index contributed by atoms with van der Waals surface area (Å²) in [7, 11) is -3.92. The Hall–Kier alpha value is -2.46. The standard InChI is InChI=1S/C24H33N3O5S/c1-3-32-23-10-9-21(17-19(23)2)33(29,30)26-22(18-20-7-5-4-6-8-20)24(28)25-11-12-27-13-15-31-16-14-27/h4-10,17,22,26H,3,11-16,18H2,1-2H3,(H,25,28). The summed E-state index contributed by atoms with van der Waals surface area (Å²) >= 11 is 0. The third-order valence-corrected chi connectivity index (χ3v) is 6.95. The number of carbonyl (C=O) groups excluding carboxylic acids is 1. The Bertz CT molecular complexity index is 1010. The molecule has 8 nitrogen and oxygen atoms in total. The maximum absolute atomic E-state index is 13.1. The Morgan fingerprint density at radius 3 is 2.55 bits per heavy atom. The monoisotopic (exact) mass is 475 g/mol. The van der Waals surface area contributed by atoms with Gasteiger partial charge in [0.05, 0.1) is 24.7 Å². The Morgan fingerprint density at radius 1 is 1.15 bits per heavy atom. The van der Waals surface area contributed by atoms with E-state index in [1.54, 1.807) is 19.1 Å². The lowest BCUT2D eigenvalue weighted by Gasteiger charge is -2.27. The van der Waals surface area contributed by atoms with Gasteiger partial charge in [0, 0.05) is 26.2 Å². The van der Waals surface area contributed by atoms with Gasteiger partial charge in [0.1, 0.15) is 11.8 Å². The Morgan fingerprint density at radius 2 is 1.88 bits per heavy atom.